The fraction of sp³-hybridized carbons (Fsp3) is 0.222. The third-order valence-electron chi connectivity index (χ3n) is 3.59. The van der Waals surface area contributed by atoms with Crippen LogP contribution in [0.1, 0.15) is 23.2 Å². The van der Waals surface area contributed by atoms with Crippen molar-refractivity contribution >= 4 is 58.3 Å². The number of rotatable bonds is 9. The van der Waals surface area contributed by atoms with Crippen LogP contribution in [-0.4, -0.2) is 34.9 Å². The summed E-state index contributed by atoms with van der Waals surface area (Å²) in [5, 5.41) is 18.2. The zero-order chi connectivity index (χ0) is 20.8. The predicted octanol–water partition coefficient (Wildman–Crippen LogP) is 5.69. The van der Waals surface area contributed by atoms with Crippen LogP contribution in [0, 0.1) is 0 Å². The Morgan fingerprint density at radius 2 is 1.68 bits per heavy atom. The molecule has 0 saturated carbocycles. The molecule has 0 saturated heterocycles. The monoisotopic (exact) mass is 466 g/mol. The van der Waals surface area contributed by atoms with E-state index in [9.17, 15) is 14.7 Å². The van der Waals surface area contributed by atoms with E-state index in [4.69, 9.17) is 61.0 Å². The average Bonchev–Trinajstić information content (AvgIpc) is 2.64. The number of hydrogen-bond donors (Lipinski definition) is 2. The summed E-state index contributed by atoms with van der Waals surface area (Å²) in [6, 6.07) is 7.94. The first-order valence-electron chi connectivity index (χ1n) is 7.90. The third kappa shape index (κ3) is 5.58. The van der Waals surface area contributed by atoms with Crippen LogP contribution in [0.2, 0.25) is 20.1 Å². The molecule has 2 N–H and O–H groups in total. The minimum Gasteiger partial charge on any atom is -0.492 e. The Balaban J connectivity index is 2.05. The number of carboxylic acid groups (broad SMARTS) is 2. The zero-order valence-electron chi connectivity index (χ0n) is 14.1. The maximum atomic E-state index is 11.5. The molecule has 1 unspecified atom stereocenters. The molecular weight excluding hydrogens is 454 g/mol. The Bertz CT molecular complexity index is 887. The molecule has 10 heteroatoms. The van der Waals surface area contributed by atoms with E-state index in [1.54, 1.807) is 24.3 Å². The Kier molecular flexibility index (Phi) is 8.07. The lowest BCUT2D eigenvalue weighted by Gasteiger charge is -2.18. The molecule has 0 radical (unpaired) electrons. The van der Waals surface area contributed by atoms with Crippen LogP contribution in [0.4, 0.5) is 0 Å². The molecule has 2 aromatic carbocycles. The van der Waals surface area contributed by atoms with Crippen LogP contribution >= 0.6 is 46.4 Å². The molecule has 2 aromatic rings. The highest BCUT2D eigenvalue weighted by Crippen LogP contribution is 2.41. The second kappa shape index (κ2) is 10.1. The molecule has 6 nitrogen and oxygen atoms in total. The van der Waals surface area contributed by atoms with Crippen LogP contribution in [-0.2, 0) is 4.79 Å². The van der Waals surface area contributed by atoms with E-state index in [0.717, 1.165) is 6.07 Å². The van der Waals surface area contributed by atoms with Crippen molar-refractivity contribution in [2.45, 2.75) is 18.9 Å². The molecule has 0 aliphatic rings. The van der Waals surface area contributed by atoms with Gasteiger partial charge in [0.2, 0.25) is 0 Å². The van der Waals surface area contributed by atoms with Gasteiger partial charge in [-0.1, -0.05) is 58.5 Å². The number of carbonyl (C=O) groups is 2. The Morgan fingerprint density at radius 3 is 2.29 bits per heavy atom. The molecule has 0 aliphatic heterocycles. The van der Waals surface area contributed by atoms with Gasteiger partial charge in [-0.3, -0.25) is 0 Å². The van der Waals surface area contributed by atoms with Crippen molar-refractivity contribution in [3.8, 4) is 11.5 Å². The lowest BCUT2D eigenvalue weighted by molar-refractivity contribution is -0.145. The molecule has 0 aliphatic carbocycles. The van der Waals surface area contributed by atoms with Gasteiger partial charge in [0.15, 0.2) is 11.9 Å². The summed E-state index contributed by atoms with van der Waals surface area (Å²) < 4.78 is 10.9. The van der Waals surface area contributed by atoms with E-state index in [-0.39, 0.29) is 39.4 Å². The molecule has 0 spiro atoms. The Hall–Kier alpha value is -1.86. The fourth-order valence-corrected chi connectivity index (χ4v) is 3.19. The molecule has 0 aromatic heterocycles. The van der Waals surface area contributed by atoms with E-state index < -0.39 is 18.0 Å². The number of para-hydroxylation sites is 1. The number of hydrogen-bond acceptors (Lipinski definition) is 4. The van der Waals surface area contributed by atoms with Gasteiger partial charge in [-0.2, -0.15) is 0 Å². The number of carboxylic acids is 2. The zero-order valence-corrected chi connectivity index (χ0v) is 17.1. The predicted molar refractivity (Wildman–Crippen MR) is 107 cm³/mol. The van der Waals surface area contributed by atoms with Gasteiger partial charge in [0.05, 0.1) is 27.2 Å². The smallest absolute Gasteiger partial charge is 0.344 e. The van der Waals surface area contributed by atoms with Crippen molar-refractivity contribution in [1.82, 2.24) is 0 Å². The minimum atomic E-state index is -1.33. The van der Waals surface area contributed by atoms with Crippen LogP contribution in [0.5, 0.6) is 11.5 Å². The summed E-state index contributed by atoms with van der Waals surface area (Å²) in [5.41, 5.74) is -0.316. The minimum absolute atomic E-state index is 0.0742. The molecule has 0 heterocycles. The van der Waals surface area contributed by atoms with Crippen LogP contribution in [0.3, 0.4) is 0 Å². The van der Waals surface area contributed by atoms with Gasteiger partial charge < -0.3 is 19.7 Å². The maximum absolute atomic E-state index is 11.5. The molecule has 0 bridgehead atoms. The SMILES string of the molecule is O=C(O)c1cc(Cl)c(OC(CCCOc2ccccc2Cl)C(=O)O)c(Cl)c1Cl. The van der Waals surface area contributed by atoms with Crippen LogP contribution in [0.15, 0.2) is 30.3 Å². The third-order valence-corrected chi connectivity index (χ3v) is 5.03. The highest BCUT2D eigenvalue weighted by molar-refractivity contribution is 6.46. The number of halogens is 4. The summed E-state index contributed by atoms with van der Waals surface area (Å²) in [5.74, 6) is -2.29. The van der Waals surface area contributed by atoms with Gasteiger partial charge in [-0.25, -0.2) is 9.59 Å². The quantitative estimate of drug-likeness (QED) is 0.363. The van der Waals surface area contributed by atoms with Crippen molar-refractivity contribution < 1.29 is 29.3 Å². The van der Waals surface area contributed by atoms with Crippen molar-refractivity contribution in [3.63, 3.8) is 0 Å². The topological polar surface area (TPSA) is 93.1 Å². The summed E-state index contributed by atoms with van der Waals surface area (Å²) in [7, 11) is 0. The van der Waals surface area contributed by atoms with Crippen molar-refractivity contribution in [3.05, 3.63) is 56.0 Å². The summed E-state index contributed by atoms with van der Waals surface area (Å²) >= 11 is 23.9. The molecule has 2 rings (SSSR count). The second-order valence-corrected chi connectivity index (χ2v) is 7.10. The first kappa shape index (κ1) is 22.4. The van der Waals surface area contributed by atoms with Crippen LogP contribution in [0.25, 0.3) is 0 Å². The van der Waals surface area contributed by atoms with Crippen LogP contribution < -0.4 is 9.47 Å². The molecule has 150 valence electrons. The number of aromatic carboxylic acids is 1. The van der Waals surface area contributed by atoms with Crippen molar-refractivity contribution in [2.24, 2.45) is 0 Å². The molecule has 28 heavy (non-hydrogen) atoms. The normalized spacial score (nSPS) is 11.7. The van der Waals surface area contributed by atoms with Crippen molar-refractivity contribution in [2.75, 3.05) is 6.61 Å². The van der Waals surface area contributed by atoms with Gasteiger partial charge in [-0.15, -0.1) is 0 Å². The standard InChI is InChI=1S/C18H14Cl4O6/c19-10-4-1-2-5-12(10)27-7-3-6-13(18(25)26)28-16-11(20)8-9(17(23)24)14(21)15(16)22/h1-2,4-5,8,13H,3,6-7H2,(H,23,24)(H,25,26). The van der Waals surface area contributed by atoms with E-state index >= 15 is 0 Å². The summed E-state index contributed by atoms with van der Waals surface area (Å²) in [6.07, 6.45) is -0.889. The Morgan fingerprint density at radius 1 is 1.00 bits per heavy atom. The molecular formula is C18H14Cl4O6. The van der Waals surface area contributed by atoms with E-state index in [0.29, 0.717) is 17.2 Å². The number of benzene rings is 2. The van der Waals surface area contributed by atoms with E-state index in [2.05, 4.69) is 0 Å². The average molecular weight is 468 g/mol. The first-order valence-corrected chi connectivity index (χ1v) is 9.41. The highest BCUT2D eigenvalue weighted by Gasteiger charge is 2.25. The van der Waals surface area contributed by atoms with Gasteiger partial charge in [-0.05, 0) is 31.0 Å². The van der Waals surface area contributed by atoms with E-state index in [1.807, 2.05) is 0 Å². The largest absolute Gasteiger partial charge is 0.492 e. The second-order valence-electron chi connectivity index (χ2n) is 5.53. The van der Waals surface area contributed by atoms with E-state index in [1.165, 1.54) is 0 Å². The highest BCUT2D eigenvalue weighted by atomic mass is 35.5. The van der Waals surface area contributed by atoms with Gasteiger partial charge in [0, 0.05) is 0 Å². The first-order chi connectivity index (χ1) is 13.2. The summed E-state index contributed by atoms with van der Waals surface area (Å²) in [6.45, 7) is 0.205. The Labute approximate surface area is 180 Å². The van der Waals surface area contributed by atoms with Gasteiger partial charge in [0.1, 0.15) is 10.8 Å². The number of ether oxygens (including phenoxy) is 2. The number of aliphatic carboxylic acids is 1. The molecule has 0 fully saturated rings. The molecule has 1 atom stereocenters. The maximum Gasteiger partial charge on any atom is 0.344 e. The fourth-order valence-electron chi connectivity index (χ4n) is 2.23. The van der Waals surface area contributed by atoms with Crippen molar-refractivity contribution in [1.29, 1.82) is 0 Å². The lowest BCUT2D eigenvalue weighted by atomic mass is 10.2. The molecule has 0 amide bonds. The van der Waals surface area contributed by atoms with Gasteiger partial charge in [0.25, 0.3) is 0 Å². The van der Waals surface area contributed by atoms with Gasteiger partial charge >= 0.3 is 11.9 Å². The summed E-state index contributed by atoms with van der Waals surface area (Å²) in [4.78, 5) is 22.6. The lowest BCUT2D eigenvalue weighted by Crippen LogP contribution is -2.28.